The van der Waals surface area contributed by atoms with E-state index in [2.05, 4.69) is 183 Å². The highest BCUT2D eigenvalue weighted by Crippen LogP contribution is 2.51. The molecule has 3 heteroatoms. The van der Waals surface area contributed by atoms with Gasteiger partial charge in [-0.15, -0.1) is 22.7 Å². The minimum absolute atomic E-state index is 0.0355. The molecule has 0 amide bonds. The maximum Gasteiger partial charge on any atom is 0.0468 e. The normalized spacial score (nSPS) is 13.3. The van der Waals surface area contributed by atoms with Crippen molar-refractivity contribution < 1.29 is 0 Å². The number of anilines is 3. The van der Waals surface area contributed by atoms with Gasteiger partial charge in [0.2, 0.25) is 0 Å². The molecule has 1 aliphatic rings. The summed E-state index contributed by atoms with van der Waals surface area (Å²) in [6, 6.07) is 61.2. The van der Waals surface area contributed by atoms with Crippen LogP contribution in [0.2, 0.25) is 0 Å². The van der Waals surface area contributed by atoms with Crippen LogP contribution in [0.5, 0.6) is 0 Å². The van der Waals surface area contributed by atoms with Crippen molar-refractivity contribution in [1.29, 1.82) is 0 Å². The molecule has 11 rings (SSSR count). The lowest BCUT2D eigenvalue weighted by Crippen LogP contribution is -2.15. The van der Waals surface area contributed by atoms with Gasteiger partial charge in [0.05, 0.1) is 0 Å². The molecule has 0 atom stereocenters. The molecule has 0 radical (unpaired) electrons. The van der Waals surface area contributed by atoms with Gasteiger partial charge in [-0.2, -0.15) is 0 Å². The number of nitrogens with zero attached hydrogens (tertiary/aromatic N) is 1. The van der Waals surface area contributed by atoms with Crippen LogP contribution in [0.4, 0.5) is 17.1 Å². The maximum absolute atomic E-state index is 2.44. The fourth-order valence-electron chi connectivity index (χ4n) is 8.67. The molecule has 0 aliphatic heterocycles. The molecule has 0 N–H and O–H groups in total. The highest BCUT2D eigenvalue weighted by atomic mass is 32.1. The number of benzene rings is 8. The van der Waals surface area contributed by atoms with Crippen LogP contribution in [-0.2, 0) is 5.41 Å². The average Bonchev–Trinajstić information content (AvgIpc) is 3.83. The van der Waals surface area contributed by atoms with Crippen LogP contribution in [0.15, 0.2) is 164 Å². The molecule has 0 spiro atoms. The first-order chi connectivity index (χ1) is 25.5. The summed E-state index contributed by atoms with van der Waals surface area (Å²) in [5.74, 6) is 0. The van der Waals surface area contributed by atoms with Crippen LogP contribution < -0.4 is 4.90 Å². The Morgan fingerprint density at radius 2 is 1.00 bits per heavy atom. The molecule has 2 aromatic heterocycles. The Labute approximate surface area is 310 Å². The van der Waals surface area contributed by atoms with E-state index in [1.54, 1.807) is 0 Å². The van der Waals surface area contributed by atoms with Gasteiger partial charge < -0.3 is 4.90 Å². The van der Waals surface area contributed by atoms with E-state index < -0.39 is 0 Å². The maximum atomic E-state index is 2.44. The number of hydrogen-bond acceptors (Lipinski definition) is 3. The molecule has 10 aromatic rings. The highest BCUT2D eigenvalue weighted by Gasteiger charge is 2.35. The second kappa shape index (κ2) is 11.1. The van der Waals surface area contributed by atoms with Crippen molar-refractivity contribution in [2.45, 2.75) is 19.3 Å². The fraction of sp³-hybridized carbons (Fsp3) is 0.0612. The van der Waals surface area contributed by atoms with Crippen molar-refractivity contribution in [3.8, 4) is 22.3 Å². The Morgan fingerprint density at radius 1 is 0.404 bits per heavy atom. The average molecular weight is 700 g/mol. The number of hydrogen-bond donors (Lipinski definition) is 0. The van der Waals surface area contributed by atoms with Gasteiger partial charge in [0, 0.05) is 62.8 Å². The summed E-state index contributed by atoms with van der Waals surface area (Å²) in [5.41, 5.74) is 11.3. The van der Waals surface area contributed by atoms with Crippen LogP contribution in [0.3, 0.4) is 0 Å². The molecule has 52 heavy (non-hydrogen) atoms. The Kier molecular flexibility index (Phi) is 6.41. The zero-order chi connectivity index (χ0) is 34.6. The molecule has 0 fully saturated rings. The molecule has 0 unspecified atom stereocenters. The molecule has 0 saturated carbocycles. The number of thiophene rings is 2. The van der Waals surface area contributed by atoms with E-state index in [1.807, 2.05) is 22.7 Å². The third-order valence-corrected chi connectivity index (χ3v) is 13.6. The van der Waals surface area contributed by atoms with Crippen LogP contribution in [0.25, 0.3) is 73.4 Å². The first kappa shape index (κ1) is 29.9. The predicted octanol–water partition coefficient (Wildman–Crippen LogP) is 15.0. The van der Waals surface area contributed by atoms with Gasteiger partial charge in [-0.1, -0.05) is 111 Å². The summed E-state index contributed by atoms with van der Waals surface area (Å²) in [6.07, 6.45) is 0. The zero-order valence-corrected chi connectivity index (χ0v) is 30.5. The van der Waals surface area contributed by atoms with Gasteiger partial charge in [-0.3, -0.25) is 0 Å². The smallest absolute Gasteiger partial charge is 0.0468 e. The Bertz CT molecular complexity index is 3050. The summed E-state index contributed by atoms with van der Waals surface area (Å²) >= 11 is 3.75. The van der Waals surface area contributed by atoms with Crippen LogP contribution in [0, 0.1) is 0 Å². The van der Waals surface area contributed by atoms with Gasteiger partial charge in [0.25, 0.3) is 0 Å². The van der Waals surface area contributed by atoms with Crippen LogP contribution in [-0.4, -0.2) is 0 Å². The standard InChI is InChI=1S/C49H33NS2/c1-49(2)42-12-6-3-9-36(42)40-28-34(22-24-43(40)49)50(35-23-26-46-41(29-35)37-10-4-7-13-44(37)51-46)33-20-17-30(18-21-33)32-16-15-31-19-25-47-48(39(31)27-32)38-11-5-8-14-45(38)52-47/h3-29H,1-2H3. The summed E-state index contributed by atoms with van der Waals surface area (Å²) < 4.78 is 5.32. The van der Waals surface area contributed by atoms with Crippen molar-refractivity contribution in [2.24, 2.45) is 0 Å². The summed E-state index contributed by atoms with van der Waals surface area (Å²) in [5, 5.41) is 7.91. The molecule has 0 saturated heterocycles. The second-order valence-corrected chi connectivity index (χ2v) is 16.7. The van der Waals surface area contributed by atoms with Gasteiger partial charge in [0.1, 0.15) is 0 Å². The minimum Gasteiger partial charge on any atom is -0.310 e. The third kappa shape index (κ3) is 4.40. The van der Waals surface area contributed by atoms with Gasteiger partial charge >= 0.3 is 0 Å². The number of fused-ring (bicyclic) bond motifs is 11. The first-order valence-corrected chi connectivity index (χ1v) is 19.5. The summed E-state index contributed by atoms with van der Waals surface area (Å²) in [7, 11) is 0. The van der Waals surface area contributed by atoms with E-state index in [1.165, 1.54) is 84.5 Å². The molecular formula is C49H33NS2. The van der Waals surface area contributed by atoms with Crippen LogP contribution in [0.1, 0.15) is 25.0 Å². The summed E-state index contributed by atoms with van der Waals surface area (Å²) in [4.78, 5) is 2.44. The lowest BCUT2D eigenvalue weighted by atomic mass is 9.82. The molecular weight excluding hydrogens is 667 g/mol. The molecule has 1 aliphatic carbocycles. The molecule has 0 bridgehead atoms. The van der Waals surface area contributed by atoms with E-state index >= 15 is 0 Å². The molecule has 1 nitrogen and oxygen atoms in total. The van der Waals surface area contributed by atoms with Crippen LogP contribution >= 0.6 is 22.7 Å². The van der Waals surface area contributed by atoms with Crippen molar-refractivity contribution in [1.82, 2.24) is 0 Å². The predicted molar refractivity (Wildman–Crippen MR) is 227 cm³/mol. The second-order valence-electron chi connectivity index (χ2n) is 14.5. The van der Waals surface area contributed by atoms with Crippen molar-refractivity contribution >= 4 is 90.9 Å². The van der Waals surface area contributed by atoms with Crippen molar-refractivity contribution in [3.05, 3.63) is 175 Å². The first-order valence-electron chi connectivity index (χ1n) is 17.9. The quantitative estimate of drug-likeness (QED) is 0.177. The van der Waals surface area contributed by atoms with E-state index in [9.17, 15) is 0 Å². The zero-order valence-electron chi connectivity index (χ0n) is 28.9. The van der Waals surface area contributed by atoms with Gasteiger partial charge in [-0.05, 0) is 111 Å². The Morgan fingerprint density at radius 3 is 1.87 bits per heavy atom. The minimum atomic E-state index is -0.0355. The third-order valence-electron chi connectivity index (χ3n) is 11.3. The fourth-order valence-corrected chi connectivity index (χ4v) is 10.9. The number of rotatable bonds is 4. The topological polar surface area (TPSA) is 3.24 Å². The van der Waals surface area contributed by atoms with Crippen molar-refractivity contribution in [2.75, 3.05) is 4.90 Å². The summed E-state index contributed by atoms with van der Waals surface area (Å²) in [6.45, 7) is 4.70. The Hall–Kier alpha value is -5.74. The Balaban J connectivity index is 1.07. The molecule has 246 valence electrons. The van der Waals surface area contributed by atoms with E-state index in [-0.39, 0.29) is 5.41 Å². The van der Waals surface area contributed by atoms with E-state index in [0.717, 1.165) is 17.1 Å². The van der Waals surface area contributed by atoms with E-state index in [0.29, 0.717) is 0 Å². The lowest BCUT2D eigenvalue weighted by molar-refractivity contribution is 0.660. The molecule has 2 heterocycles. The van der Waals surface area contributed by atoms with Gasteiger partial charge in [-0.25, -0.2) is 0 Å². The SMILES string of the molecule is CC1(C)c2ccccc2-c2cc(N(c3ccc(-c4ccc5ccc6sc7ccccc7c6c5c4)cc3)c3ccc4sc5ccccc5c4c3)ccc21. The highest BCUT2D eigenvalue weighted by molar-refractivity contribution is 7.26. The lowest BCUT2D eigenvalue weighted by Gasteiger charge is -2.27. The largest absolute Gasteiger partial charge is 0.310 e. The van der Waals surface area contributed by atoms with Crippen molar-refractivity contribution in [3.63, 3.8) is 0 Å². The monoisotopic (exact) mass is 699 g/mol. The van der Waals surface area contributed by atoms with E-state index in [4.69, 9.17) is 0 Å². The van der Waals surface area contributed by atoms with Gasteiger partial charge in [0.15, 0.2) is 0 Å². The molecule has 8 aromatic carbocycles.